The predicted octanol–water partition coefficient (Wildman–Crippen LogP) is 1.05. The molecule has 0 aliphatic heterocycles. The van der Waals surface area contributed by atoms with Crippen molar-refractivity contribution in [3.63, 3.8) is 0 Å². The van der Waals surface area contributed by atoms with Gasteiger partial charge < -0.3 is 10.2 Å². The maximum atomic E-state index is 9.02. The number of aliphatic hydroxyl groups is 2. The summed E-state index contributed by atoms with van der Waals surface area (Å²) in [4.78, 5) is 4.59. The molecule has 0 amide bonds. The highest BCUT2D eigenvalue weighted by molar-refractivity contribution is 7.12. The lowest BCUT2D eigenvalue weighted by atomic mass is 10.3. The molecule has 1 aromatic rings. The molecule has 0 radical (unpaired) electrons. The van der Waals surface area contributed by atoms with Gasteiger partial charge in [-0.2, -0.15) is 0 Å². The Kier molecular flexibility index (Phi) is 4.57. The fraction of sp³-hybridized carbons (Fsp3) is 0.538. The first-order chi connectivity index (χ1) is 8.33. The second kappa shape index (κ2) is 6.18. The number of aliphatic hydroxyl groups excluding tert-OH is 2. The zero-order chi connectivity index (χ0) is 12.1. The van der Waals surface area contributed by atoms with Crippen molar-refractivity contribution < 1.29 is 10.2 Å². The van der Waals surface area contributed by atoms with E-state index in [9.17, 15) is 0 Å². The quantitative estimate of drug-likeness (QED) is 0.769. The molecule has 1 saturated carbocycles. The molecule has 2 rings (SSSR count). The fourth-order valence-corrected chi connectivity index (χ4v) is 2.72. The lowest BCUT2D eigenvalue weighted by Gasteiger charge is -2.19. The summed E-state index contributed by atoms with van der Waals surface area (Å²) in [5.74, 6) is 5.57. The lowest BCUT2D eigenvalue weighted by molar-refractivity contribution is 0.184. The lowest BCUT2D eigenvalue weighted by Crippen LogP contribution is -2.28. The molecule has 4 heteroatoms. The van der Waals surface area contributed by atoms with E-state index in [0.717, 1.165) is 18.0 Å². The molecule has 2 N–H and O–H groups in total. The summed E-state index contributed by atoms with van der Waals surface area (Å²) in [6.07, 6.45) is 2.51. The molecule has 1 heterocycles. The highest BCUT2D eigenvalue weighted by atomic mass is 32.1. The second-order valence-corrected chi connectivity index (χ2v) is 5.32. The van der Waals surface area contributed by atoms with Gasteiger partial charge in [-0.15, -0.1) is 11.3 Å². The first-order valence-corrected chi connectivity index (χ1v) is 6.68. The van der Waals surface area contributed by atoms with Crippen LogP contribution in [0.1, 0.15) is 22.6 Å². The van der Waals surface area contributed by atoms with E-state index < -0.39 is 0 Å². The van der Waals surface area contributed by atoms with Gasteiger partial charge in [0.1, 0.15) is 6.61 Å². The van der Waals surface area contributed by atoms with E-state index in [1.54, 1.807) is 11.3 Å². The third-order valence-electron chi connectivity index (χ3n) is 2.76. The van der Waals surface area contributed by atoms with Gasteiger partial charge in [0.2, 0.25) is 0 Å². The number of thiophene rings is 1. The van der Waals surface area contributed by atoms with Crippen molar-refractivity contribution in [1.82, 2.24) is 4.90 Å². The summed E-state index contributed by atoms with van der Waals surface area (Å²) < 4.78 is 0. The Morgan fingerprint density at radius 1 is 1.35 bits per heavy atom. The van der Waals surface area contributed by atoms with Crippen LogP contribution in [0.2, 0.25) is 0 Å². The Balaban J connectivity index is 1.94. The summed E-state index contributed by atoms with van der Waals surface area (Å²) in [5, 5.41) is 17.7. The van der Waals surface area contributed by atoms with Crippen LogP contribution in [0.15, 0.2) is 12.1 Å². The van der Waals surface area contributed by atoms with Crippen LogP contribution in [-0.4, -0.2) is 40.9 Å². The molecule has 0 bridgehead atoms. The monoisotopic (exact) mass is 251 g/mol. The molecule has 0 atom stereocenters. The Morgan fingerprint density at radius 2 is 2.18 bits per heavy atom. The van der Waals surface area contributed by atoms with E-state index in [-0.39, 0.29) is 13.2 Å². The van der Waals surface area contributed by atoms with Crippen LogP contribution < -0.4 is 0 Å². The van der Waals surface area contributed by atoms with Crippen LogP contribution in [-0.2, 0) is 6.54 Å². The first-order valence-electron chi connectivity index (χ1n) is 5.87. The van der Waals surface area contributed by atoms with Gasteiger partial charge in [0.25, 0.3) is 0 Å². The molecule has 17 heavy (non-hydrogen) atoms. The Labute approximate surface area is 106 Å². The van der Waals surface area contributed by atoms with Crippen LogP contribution in [0.4, 0.5) is 0 Å². The number of rotatable bonds is 5. The minimum atomic E-state index is -0.0913. The van der Waals surface area contributed by atoms with Crippen molar-refractivity contribution >= 4 is 11.3 Å². The summed E-state index contributed by atoms with van der Waals surface area (Å²) in [6.45, 7) is 1.78. The van der Waals surface area contributed by atoms with Gasteiger partial charge in [0.15, 0.2) is 0 Å². The maximum Gasteiger partial charge on any atom is 0.104 e. The summed E-state index contributed by atoms with van der Waals surface area (Å²) in [7, 11) is 0. The van der Waals surface area contributed by atoms with E-state index in [1.807, 2.05) is 6.07 Å². The Hall–Kier alpha value is -0.860. The number of nitrogens with zero attached hydrogens (tertiary/aromatic N) is 1. The van der Waals surface area contributed by atoms with E-state index in [1.165, 1.54) is 17.7 Å². The average molecular weight is 251 g/mol. The molecule has 92 valence electrons. The van der Waals surface area contributed by atoms with Crippen LogP contribution in [0.3, 0.4) is 0 Å². The van der Waals surface area contributed by atoms with Crippen molar-refractivity contribution in [2.45, 2.75) is 25.4 Å². The number of hydrogen-bond donors (Lipinski definition) is 2. The van der Waals surface area contributed by atoms with Gasteiger partial charge in [-0.25, -0.2) is 0 Å². The molecule has 1 aliphatic carbocycles. The summed E-state index contributed by atoms with van der Waals surface area (Å²) in [6, 6.07) is 4.74. The minimum absolute atomic E-state index is 0.0913. The standard InChI is InChI=1S/C13H17NO2S/c15-8-1-2-12-5-6-13(17-12)10-14(7-9-16)11-3-4-11/h5-6,11,15-16H,3-4,7-10H2. The van der Waals surface area contributed by atoms with Crippen molar-refractivity contribution in [1.29, 1.82) is 0 Å². The third-order valence-corrected chi connectivity index (χ3v) is 3.75. The van der Waals surface area contributed by atoms with E-state index in [2.05, 4.69) is 22.8 Å². The zero-order valence-electron chi connectivity index (χ0n) is 9.72. The zero-order valence-corrected chi connectivity index (χ0v) is 10.5. The van der Waals surface area contributed by atoms with Crippen LogP contribution in [0.25, 0.3) is 0 Å². The van der Waals surface area contributed by atoms with Gasteiger partial charge in [-0.1, -0.05) is 11.8 Å². The van der Waals surface area contributed by atoms with Gasteiger partial charge in [0, 0.05) is 24.0 Å². The van der Waals surface area contributed by atoms with Gasteiger partial charge in [-0.05, 0) is 25.0 Å². The van der Waals surface area contributed by atoms with E-state index >= 15 is 0 Å². The van der Waals surface area contributed by atoms with E-state index in [0.29, 0.717) is 6.04 Å². The average Bonchev–Trinajstić information content (AvgIpc) is 3.08. The normalized spacial score (nSPS) is 14.8. The molecular weight excluding hydrogens is 234 g/mol. The SMILES string of the molecule is OCC#Cc1ccc(CN(CCO)C2CC2)s1. The molecule has 0 aromatic carbocycles. The van der Waals surface area contributed by atoms with Crippen molar-refractivity contribution in [3.8, 4) is 11.8 Å². The van der Waals surface area contributed by atoms with Crippen molar-refractivity contribution in [3.05, 3.63) is 21.9 Å². The molecule has 1 aliphatic rings. The largest absolute Gasteiger partial charge is 0.395 e. The molecule has 0 unspecified atom stereocenters. The smallest absolute Gasteiger partial charge is 0.104 e. The highest BCUT2D eigenvalue weighted by Crippen LogP contribution is 2.29. The van der Waals surface area contributed by atoms with Crippen LogP contribution in [0, 0.1) is 11.8 Å². The predicted molar refractivity (Wildman–Crippen MR) is 68.8 cm³/mol. The van der Waals surface area contributed by atoms with Gasteiger partial charge >= 0.3 is 0 Å². The summed E-state index contributed by atoms with van der Waals surface area (Å²) >= 11 is 1.66. The van der Waals surface area contributed by atoms with E-state index in [4.69, 9.17) is 10.2 Å². The van der Waals surface area contributed by atoms with Crippen molar-refractivity contribution in [2.75, 3.05) is 19.8 Å². The molecule has 0 spiro atoms. The maximum absolute atomic E-state index is 9.02. The second-order valence-electron chi connectivity index (χ2n) is 4.15. The van der Waals surface area contributed by atoms with Crippen molar-refractivity contribution in [2.24, 2.45) is 0 Å². The topological polar surface area (TPSA) is 43.7 Å². The third kappa shape index (κ3) is 3.83. The van der Waals surface area contributed by atoms with Gasteiger partial charge in [-0.3, -0.25) is 4.90 Å². The molecule has 3 nitrogen and oxygen atoms in total. The molecule has 1 aromatic heterocycles. The van der Waals surface area contributed by atoms with Crippen LogP contribution >= 0.6 is 11.3 Å². The van der Waals surface area contributed by atoms with Crippen LogP contribution in [0.5, 0.6) is 0 Å². The minimum Gasteiger partial charge on any atom is -0.395 e. The fourth-order valence-electron chi connectivity index (χ4n) is 1.82. The highest BCUT2D eigenvalue weighted by Gasteiger charge is 2.28. The molecular formula is C13H17NO2S. The Morgan fingerprint density at radius 3 is 2.82 bits per heavy atom. The molecule has 1 fully saturated rings. The molecule has 0 saturated heterocycles. The Bertz CT molecular complexity index is 415. The summed E-state index contributed by atoms with van der Waals surface area (Å²) in [5.41, 5.74) is 0. The number of hydrogen-bond acceptors (Lipinski definition) is 4. The first kappa shape index (κ1) is 12.6. The van der Waals surface area contributed by atoms with Gasteiger partial charge in [0.05, 0.1) is 11.5 Å².